The van der Waals surface area contributed by atoms with Gasteiger partial charge in [-0.1, -0.05) is 24.3 Å². The molecule has 1 N–H and O–H groups in total. The van der Waals surface area contributed by atoms with E-state index >= 15 is 0 Å². The van der Waals surface area contributed by atoms with E-state index in [2.05, 4.69) is 10.3 Å². The summed E-state index contributed by atoms with van der Waals surface area (Å²) in [7, 11) is 1.93. The van der Waals surface area contributed by atoms with Crippen LogP contribution in [0.5, 0.6) is 0 Å². The van der Waals surface area contributed by atoms with Crippen molar-refractivity contribution in [1.82, 2.24) is 10.3 Å². The Bertz CT molecular complexity index is 895. The lowest BCUT2D eigenvalue weighted by Gasteiger charge is -2.20. The van der Waals surface area contributed by atoms with Crippen LogP contribution >= 0.6 is 0 Å². The number of nitrogens with zero attached hydrogens (tertiary/aromatic N) is 3. The van der Waals surface area contributed by atoms with Crippen LogP contribution < -0.4 is 4.90 Å². The van der Waals surface area contributed by atoms with Crippen LogP contribution in [0.3, 0.4) is 0 Å². The van der Waals surface area contributed by atoms with E-state index in [0.717, 1.165) is 16.8 Å². The predicted octanol–water partition coefficient (Wildman–Crippen LogP) is 3.78. The molecule has 2 aromatic carbocycles. The van der Waals surface area contributed by atoms with Gasteiger partial charge in [0.05, 0.1) is 11.3 Å². The summed E-state index contributed by atoms with van der Waals surface area (Å²) < 4.78 is 17.9. The molecule has 0 aliphatic rings. The molecule has 3 rings (SSSR count). The van der Waals surface area contributed by atoms with Crippen LogP contribution in [-0.4, -0.2) is 28.1 Å². The molecule has 0 spiro atoms. The van der Waals surface area contributed by atoms with Crippen LogP contribution in [0.1, 0.15) is 25.0 Å². The molecule has 25 heavy (non-hydrogen) atoms. The standard InChI is InChI=1S/C19H20FN3O2/c1-19(2,24)9-8-14-10-16-18(22-25-21-16)17(11-14)23(3)12-13-4-6-15(20)7-5-13/h4-11,24H,12H2,1-3H3. The number of fused-ring (bicyclic) bond motifs is 1. The molecular formula is C19H20FN3O2. The summed E-state index contributed by atoms with van der Waals surface area (Å²) in [6.45, 7) is 4.00. The molecule has 6 heteroatoms. The molecule has 0 atom stereocenters. The Hall–Kier alpha value is -2.73. The Morgan fingerprint density at radius 3 is 2.60 bits per heavy atom. The summed E-state index contributed by atoms with van der Waals surface area (Å²) in [5.74, 6) is -0.256. The normalized spacial score (nSPS) is 12.2. The zero-order valence-corrected chi connectivity index (χ0v) is 14.4. The highest BCUT2D eigenvalue weighted by Crippen LogP contribution is 2.28. The van der Waals surface area contributed by atoms with Gasteiger partial charge in [-0.25, -0.2) is 9.02 Å². The Morgan fingerprint density at radius 2 is 1.92 bits per heavy atom. The molecule has 3 aromatic rings. The summed E-state index contributed by atoms with van der Waals surface area (Å²) in [4.78, 5) is 2.00. The van der Waals surface area contributed by atoms with E-state index < -0.39 is 5.60 Å². The van der Waals surface area contributed by atoms with Gasteiger partial charge in [0.25, 0.3) is 0 Å². The lowest BCUT2D eigenvalue weighted by molar-refractivity contribution is 0.134. The Morgan fingerprint density at radius 1 is 1.20 bits per heavy atom. The number of benzene rings is 2. The van der Waals surface area contributed by atoms with E-state index in [9.17, 15) is 9.50 Å². The van der Waals surface area contributed by atoms with Gasteiger partial charge in [0.1, 0.15) is 11.3 Å². The van der Waals surface area contributed by atoms with Gasteiger partial charge < -0.3 is 10.0 Å². The van der Waals surface area contributed by atoms with Gasteiger partial charge in [0.15, 0.2) is 5.52 Å². The summed E-state index contributed by atoms with van der Waals surface area (Å²) in [6.07, 6.45) is 3.55. The molecule has 0 bridgehead atoms. The molecular weight excluding hydrogens is 321 g/mol. The van der Waals surface area contributed by atoms with Crippen molar-refractivity contribution in [2.45, 2.75) is 26.0 Å². The second-order valence-electron chi connectivity index (χ2n) is 6.64. The van der Waals surface area contributed by atoms with Crippen molar-refractivity contribution >= 4 is 22.8 Å². The molecule has 0 unspecified atom stereocenters. The Kier molecular flexibility index (Phi) is 4.55. The number of aliphatic hydroxyl groups is 1. The second-order valence-corrected chi connectivity index (χ2v) is 6.64. The maximum atomic E-state index is 13.1. The Labute approximate surface area is 145 Å². The van der Waals surface area contributed by atoms with Crippen LogP contribution in [0.2, 0.25) is 0 Å². The van der Waals surface area contributed by atoms with Gasteiger partial charge in [-0.15, -0.1) is 0 Å². The van der Waals surface area contributed by atoms with Crippen LogP contribution in [0.4, 0.5) is 10.1 Å². The molecule has 1 aromatic heterocycles. The topological polar surface area (TPSA) is 62.4 Å². The van der Waals surface area contributed by atoms with E-state index in [0.29, 0.717) is 17.6 Å². The quantitative estimate of drug-likeness (QED) is 0.765. The maximum absolute atomic E-state index is 13.1. The number of anilines is 1. The van der Waals surface area contributed by atoms with Crippen molar-refractivity contribution in [2.24, 2.45) is 0 Å². The van der Waals surface area contributed by atoms with Crippen molar-refractivity contribution < 1.29 is 14.1 Å². The smallest absolute Gasteiger partial charge is 0.158 e. The van der Waals surface area contributed by atoms with E-state index in [1.54, 1.807) is 32.1 Å². The van der Waals surface area contributed by atoms with Crippen LogP contribution in [0.15, 0.2) is 47.1 Å². The van der Waals surface area contributed by atoms with E-state index in [-0.39, 0.29) is 5.82 Å². The van der Waals surface area contributed by atoms with Gasteiger partial charge in [0, 0.05) is 13.6 Å². The second kappa shape index (κ2) is 6.64. The first-order valence-corrected chi connectivity index (χ1v) is 7.95. The zero-order chi connectivity index (χ0) is 18.0. The molecule has 5 nitrogen and oxygen atoms in total. The fourth-order valence-electron chi connectivity index (χ4n) is 2.53. The van der Waals surface area contributed by atoms with Crippen LogP contribution in [0, 0.1) is 5.82 Å². The van der Waals surface area contributed by atoms with E-state index in [1.807, 2.05) is 30.2 Å². The number of aromatic nitrogens is 2. The van der Waals surface area contributed by atoms with Crippen molar-refractivity contribution in [3.8, 4) is 0 Å². The minimum Gasteiger partial charge on any atom is -0.386 e. The number of halogens is 1. The number of rotatable bonds is 5. The minimum atomic E-state index is -0.906. The molecule has 0 saturated carbocycles. The van der Waals surface area contributed by atoms with Crippen molar-refractivity contribution in [3.63, 3.8) is 0 Å². The van der Waals surface area contributed by atoms with Gasteiger partial charge in [-0.05, 0) is 59.6 Å². The highest BCUT2D eigenvalue weighted by atomic mass is 19.1. The first-order valence-electron chi connectivity index (χ1n) is 7.95. The Balaban J connectivity index is 1.94. The molecule has 0 saturated heterocycles. The fourth-order valence-corrected chi connectivity index (χ4v) is 2.53. The lowest BCUT2D eigenvalue weighted by Crippen LogP contribution is -2.17. The van der Waals surface area contributed by atoms with Gasteiger partial charge >= 0.3 is 0 Å². The van der Waals surface area contributed by atoms with Crippen molar-refractivity contribution in [1.29, 1.82) is 0 Å². The average Bonchev–Trinajstić information content (AvgIpc) is 3.02. The van der Waals surface area contributed by atoms with E-state index in [1.165, 1.54) is 12.1 Å². The molecule has 1 heterocycles. The van der Waals surface area contributed by atoms with Gasteiger partial charge in [0.2, 0.25) is 0 Å². The largest absolute Gasteiger partial charge is 0.386 e. The van der Waals surface area contributed by atoms with Crippen LogP contribution in [-0.2, 0) is 6.54 Å². The summed E-state index contributed by atoms with van der Waals surface area (Å²) in [6, 6.07) is 10.2. The summed E-state index contributed by atoms with van der Waals surface area (Å²) in [5.41, 5.74) is 3.09. The zero-order valence-electron chi connectivity index (χ0n) is 14.4. The SMILES string of the molecule is CN(Cc1ccc(F)cc1)c1cc(C=CC(C)(C)O)cc2nonc12. The third kappa shape index (κ3) is 4.22. The lowest BCUT2D eigenvalue weighted by atomic mass is 10.1. The molecule has 0 fully saturated rings. The first-order chi connectivity index (χ1) is 11.8. The fraction of sp³-hybridized carbons (Fsp3) is 0.263. The minimum absolute atomic E-state index is 0.256. The van der Waals surface area contributed by atoms with E-state index in [4.69, 9.17) is 4.63 Å². The van der Waals surface area contributed by atoms with Gasteiger partial charge in [-0.3, -0.25) is 0 Å². The number of hydrogen-bond acceptors (Lipinski definition) is 5. The van der Waals surface area contributed by atoms with Crippen LogP contribution in [0.25, 0.3) is 17.1 Å². The van der Waals surface area contributed by atoms with Crippen molar-refractivity contribution in [3.05, 3.63) is 59.4 Å². The number of hydrogen-bond donors (Lipinski definition) is 1. The predicted molar refractivity (Wildman–Crippen MR) is 95.6 cm³/mol. The first kappa shape index (κ1) is 17.1. The monoisotopic (exact) mass is 341 g/mol. The maximum Gasteiger partial charge on any atom is 0.158 e. The molecule has 0 radical (unpaired) electrons. The summed E-state index contributed by atoms with van der Waals surface area (Å²) in [5, 5.41) is 17.8. The molecule has 0 aliphatic heterocycles. The highest BCUT2D eigenvalue weighted by Gasteiger charge is 2.14. The molecule has 130 valence electrons. The third-order valence-electron chi connectivity index (χ3n) is 3.79. The molecule has 0 amide bonds. The van der Waals surface area contributed by atoms with Crippen molar-refractivity contribution in [2.75, 3.05) is 11.9 Å². The average molecular weight is 341 g/mol. The van der Waals surface area contributed by atoms with Gasteiger partial charge in [-0.2, -0.15) is 0 Å². The third-order valence-corrected chi connectivity index (χ3v) is 3.79. The molecule has 0 aliphatic carbocycles. The highest BCUT2D eigenvalue weighted by molar-refractivity contribution is 5.90. The summed E-state index contributed by atoms with van der Waals surface area (Å²) >= 11 is 0.